The number of benzene rings is 1. The fourth-order valence-corrected chi connectivity index (χ4v) is 2.08. The number of methoxy groups -OCH3 is 1. The highest BCUT2D eigenvalue weighted by Gasteiger charge is 2.26. The number of rotatable bonds is 7. The molecular weight excluding hydrogens is 357 g/mol. The van der Waals surface area contributed by atoms with E-state index in [9.17, 15) is 14.0 Å². The molecule has 1 amide bonds. The molecule has 1 rings (SSSR count). The van der Waals surface area contributed by atoms with Gasteiger partial charge in [-0.1, -0.05) is 36.2 Å². The van der Waals surface area contributed by atoms with Gasteiger partial charge in [0.2, 0.25) is 0 Å². The first-order chi connectivity index (χ1) is 10.4. The Labute approximate surface area is 137 Å². The monoisotopic (exact) mass is 375 g/mol. The molecule has 1 aromatic rings. The summed E-state index contributed by atoms with van der Waals surface area (Å²) in [7, 11) is 1.26. The number of nitrogens with one attached hydrogen (secondary N) is 1. The normalized spacial score (nSPS) is 13.1. The molecule has 7 heteroatoms. The molecule has 0 radical (unpaired) electrons. The standard InChI is InChI=1S/C15H19BrFNO4/c1-4-9(2)14(15(20)21-3)18-13(19)8-22-12-6-5-10(16)7-11(12)17/h5-7,9,14H,4,8H2,1-3H3,(H,18,19). The van der Waals surface area contributed by atoms with Gasteiger partial charge in [0.05, 0.1) is 7.11 Å². The van der Waals surface area contributed by atoms with Gasteiger partial charge in [0.15, 0.2) is 18.2 Å². The van der Waals surface area contributed by atoms with E-state index < -0.39 is 23.7 Å². The van der Waals surface area contributed by atoms with E-state index in [1.54, 1.807) is 6.07 Å². The number of hydrogen-bond acceptors (Lipinski definition) is 4. The first-order valence-corrected chi connectivity index (χ1v) is 7.63. The van der Waals surface area contributed by atoms with Crippen molar-refractivity contribution in [3.8, 4) is 5.75 Å². The van der Waals surface area contributed by atoms with Crippen LogP contribution in [-0.4, -0.2) is 31.6 Å². The predicted octanol–water partition coefficient (Wildman–Crippen LogP) is 2.67. The Hall–Kier alpha value is -1.63. The van der Waals surface area contributed by atoms with Crippen LogP contribution in [-0.2, 0) is 14.3 Å². The van der Waals surface area contributed by atoms with Gasteiger partial charge in [-0.3, -0.25) is 4.79 Å². The molecule has 0 saturated carbocycles. The number of esters is 1. The summed E-state index contributed by atoms with van der Waals surface area (Å²) in [5, 5.41) is 2.55. The van der Waals surface area contributed by atoms with Crippen LogP contribution in [0, 0.1) is 11.7 Å². The number of halogens is 2. The molecule has 5 nitrogen and oxygen atoms in total. The van der Waals surface area contributed by atoms with Crippen molar-refractivity contribution in [2.75, 3.05) is 13.7 Å². The molecule has 0 saturated heterocycles. The van der Waals surface area contributed by atoms with Gasteiger partial charge in [0, 0.05) is 4.47 Å². The molecule has 1 N–H and O–H groups in total. The Morgan fingerprint density at radius 3 is 2.64 bits per heavy atom. The lowest BCUT2D eigenvalue weighted by Gasteiger charge is -2.21. The van der Waals surface area contributed by atoms with Crippen molar-refractivity contribution in [2.24, 2.45) is 5.92 Å². The summed E-state index contributed by atoms with van der Waals surface area (Å²) in [5.74, 6) is -1.72. The maximum Gasteiger partial charge on any atom is 0.328 e. The van der Waals surface area contributed by atoms with Gasteiger partial charge in [-0.15, -0.1) is 0 Å². The van der Waals surface area contributed by atoms with Crippen molar-refractivity contribution in [1.29, 1.82) is 0 Å². The average Bonchev–Trinajstić information content (AvgIpc) is 2.50. The number of ether oxygens (including phenoxy) is 2. The summed E-state index contributed by atoms with van der Waals surface area (Å²) in [6.07, 6.45) is 0.697. The van der Waals surface area contributed by atoms with Gasteiger partial charge < -0.3 is 14.8 Å². The van der Waals surface area contributed by atoms with E-state index in [-0.39, 0.29) is 18.3 Å². The van der Waals surface area contributed by atoms with Gasteiger partial charge in [-0.25, -0.2) is 9.18 Å². The summed E-state index contributed by atoms with van der Waals surface area (Å²) >= 11 is 3.13. The quantitative estimate of drug-likeness (QED) is 0.744. The minimum absolute atomic E-state index is 0.0310. The second-order valence-corrected chi connectivity index (χ2v) is 5.73. The summed E-state index contributed by atoms with van der Waals surface area (Å²) < 4.78 is 23.9. The van der Waals surface area contributed by atoms with Crippen molar-refractivity contribution in [2.45, 2.75) is 26.3 Å². The zero-order valence-corrected chi connectivity index (χ0v) is 14.3. The molecule has 0 aromatic heterocycles. The van der Waals surface area contributed by atoms with Crippen LogP contribution >= 0.6 is 15.9 Å². The van der Waals surface area contributed by atoms with E-state index in [0.717, 1.165) is 0 Å². The highest BCUT2D eigenvalue weighted by atomic mass is 79.9. The maximum atomic E-state index is 13.6. The summed E-state index contributed by atoms with van der Waals surface area (Å²) in [5.41, 5.74) is 0. The minimum Gasteiger partial charge on any atom is -0.481 e. The highest BCUT2D eigenvalue weighted by Crippen LogP contribution is 2.21. The second-order valence-electron chi connectivity index (χ2n) is 4.82. The Morgan fingerprint density at radius 1 is 1.41 bits per heavy atom. The maximum absolute atomic E-state index is 13.6. The fraction of sp³-hybridized carbons (Fsp3) is 0.467. The van der Waals surface area contributed by atoms with Crippen LogP contribution in [0.3, 0.4) is 0 Å². The van der Waals surface area contributed by atoms with Crippen molar-refractivity contribution in [3.63, 3.8) is 0 Å². The van der Waals surface area contributed by atoms with E-state index in [1.165, 1.54) is 19.2 Å². The lowest BCUT2D eigenvalue weighted by Crippen LogP contribution is -2.47. The molecule has 0 heterocycles. The van der Waals surface area contributed by atoms with Gasteiger partial charge in [0.1, 0.15) is 6.04 Å². The van der Waals surface area contributed by atoms with E-state index in [4.69, 9.17) is 4.74 Å². The first kappa shape index (κ1) is 18.4. The lowest BCUT2D eigenvalue weighted by molar-refractivity contribution is -0.146. The Morgan fingerprint density at radius 2 is 2.09 bits per heavy atom. The molecule has 0 aliphatic rings. The molecule has 2 unspecified atom stereocenters. The molecule has 1 aromatic carbocycles. The second kappa shape index (κ2) is 8.73. The van der Waals surface area contributed by atoms with Gasteiger partial charge >= 0.3 is 5.97 Å². The van der Waals surface area contributed by atoms with E-state index in [0.29, 0.717) is 10.9 Å². The van der Waals surface area contributed by atoms with Crippen LogP contribution < -0.4 is 10.1 Å². The molecule has 0 bridgehead atoms. The van der Waals surface area contributed by atoms with Crippen LogP contribution in [0.15, 0.2) is 22.7 Å². The first-order valence-electron chi connectivity index (χ1n) is 6.84. The number of hydrogen-bond donors (Lipinski definition) is 1. The largest absolute Gasteiger partial charge is 0.481 e. The van der Waals surface area contributed by atoms with Crippen molar-refractivity contribution < 1.29 is 23.5 Å². The lowest BCUT2D eigenvalue weighted by atomic mass is 9.99. The zero-order chi connectivity index (χ0) is 16.7. The summed E-state index contributed by atoms with van der Waals surface area (Å²) in [6.45, 7) is 3.35. The molecule has 0 aliphatic carbocycles. The third-order valence-electron chi connectivity index (χ3n) is 3.24. The van der Waals surface area contributed by atoms with Gasteiger partial charge in [0.25, 0.3) is 5.91 Å². The highest BCUT2D eigenvalue weighted by molar-refractivity contribution is 9.10. The van der Waals surface area contributed by atoms with Crippen LogP contribution in [0.1, 0.15) is 20.3 Å². The van der Waals surface area contributed by atoms with Crippen molar-refractivity contribution in [1.82, 2.24) is 5.32 Å². The third kappa shape index (κ3) is 5.29. The molecule has 0 fully saturated rings. The average molecular weight is 376 g/mol. The number of amides is 1. The van der Waals surface area contributed by atoms with Crippen LogP contribution in [0.4, 0.5) is 4.39 Å². The molecule has 22 heavy (non-hydrogen) atoms. The fourth-order valence-electron chi connectivity index (χ4n) is 1.75. The molecule has 0 aliphatic heterocycles. The smallest absolute Gasteiger partial charge is 0.328 e. The van der Waals surface area contributed by atoms with Gasteiger partial charge in [-0.05, 0) is 24.1 Å². The van der Waals surface area contributed by atoms with Crippen LogP contribution in [0.5, 0.6) is 5.75 Å². The molecule has 2 atom stereocenters. The Balaban J connectivity index is 2.62. The summed E-state index contributed by atoms with van der Waals surface area (Å²) in [4.78, 5) is 23.5. The minimum atomic E-state index is -0.749. The number of carbonyl (C=O) groups excluding carboxylic acids is 2. The van der Waals surface area contributed by atoms with E-state index >= 15 is 0 Å². The molecule has 122 valence electrons. The topological polar surface area (TPSA) is 64.6 Å². The molecule has 0 spiro atoms. The van der Waals surface area contributed by atoms with E-state index in [1.807, 2.05) is 13.8 Å². The molecular formula is C15H19BrFNO4. The van der Waals surface area contributed by atoms with Crippen LogP contribution in [0.25, 0.3) is 0 Å². The van der Waals surface area contributed by atoms with E-state index in [2.05, 4.69) is 26.0 Å². The predicted molar refractivity (Wildman–Crippen MR) is 83.0 cm³/mol. The Bertz CT molecular complexity index is 538. The van der Waals surface area contributed by atoms with Crippen molar-refractivity contribution in [3.05, 3.63) is 28.5 Å². The van der Waals surface area contributed by atoms with Gasteiger partial charge in [-0.2, -0.15) is 0 Å². The third-order valence-corrected chi connectivity index (χ3v) is 3.73. The van der Waals surface area contributed by atoms with Crippen LogP contribution in [0.2, 0.25) is 0 Å². The number of carbonyl (C=O) groups is 2. The Kier molecular flexibility index (Phi) is 7.31. The van der Waals surface area contributed by atoms with Crippen molar-refractivity contribution >= 4 is 27.8 Å². The zero-order valence-electron chi connectivity index (χ0n) is 12.7. The summed E-state index contributed by atoms with van der Waals surface area (Å²) in [6, 6.07) is 3.51. The SMILES string of the molecule is CCC(C)C(NC(=O)COc1ccc(Br)cc1F)C(=O)OC.